The first-order valence-corrected chi connectivity index (χ1v) is 6.19. The third-order valence-corrected chi connectivity index (χ3v) is 3.03. The molecule has 1 rings (SSSR count). The van der Waals surface area contributed by atoms with Crippen molar-refractivity contribution in [2.24, 2.45) is 0 Å². The van der Waals surface area contributed by atoms with Gasteiger partial charge in [0.1, 0.15) is 5.75 Å². The van der Waals surface area contributed by atoms with Crippen LogP contribution in [0.25, 0.3) is 0 Å². The van der Waals surface area contributed by atoms with Crippen LogP contribution in [0.3, 0.4) is 0 Å². The van der Waals surface area contributed by atoms with Crippen LogP contribution in [0.5, 0.6) is 5.75 Å². The summed E-state index contributed by atoms with van der Waals surface area (Å²) in [5.41, 5.74) is 3.84. The van der Waals surface area contributed by atoms with E-state index in [1.807, 2.05) is 0 Å². The number of ether oxygens (including phenoxy) is 1. The summed E-state index contributed by atoms with van der Waals surface area (Å²) in [6.45, 7) is 8.94. The van der Waals surface area contributed by atoms with Crippen molar-refractivity contribution >= 4 is 0 Å². The normalized spacial score (nSPS) is 11.6. The van der Waals surface area contributed by atoms with E-state index in [1.165, 1.54) is 16.7 Å². The van der Waals surface area contributed by atoms with Crippen LogP contribution >= 0.6 is 0 Å². The highest BCUT2D eigenvalue weighted by atomic mass is 16.5. The Morgan fingerprint density at radius 2 is 1.88 bits per heavy atom. The van der Waals surface area contributed by atoms with E-state index in [2.05, 4.69) is 39.8 Å². The molecule has 0 aromatic heterocycles. The fraction of sp³-hybridized carbons (Fsp3) is 0.600. The van der Waals surface area contributed by atoms with Gasteiger partial charge in [-0.05, 0) is 41.9 Å². The van der Waals surface area contributed by atoms with E-state index in [0.717, 1.165) is 18.6 Å². The van der Waals surface area contributed by atoms with E-state index in [1.54, 1.807) is 7.11 Å². The molecule has 0 saturated carbocycles. The van der Waals surface area contributed by atoms with Crippen molar-refractivity contribution in [1.82, 2.24) is 0 Å². The molecule has 0 aliphatic rings. The molecular weight excluding hydrogens is 212 g/mol. The van der Waals surface area contributed by atoms with E-state index in [0.29, 0.717) is 0 Å². The third-order valence-electron chi connectivity index (χ3n) is 3.03. The average molecular weight is 236 g/mol. The van der Waals surface area contributed by atoms with Gasteiger partial charge in [0.15, 0.2) is 0 Å². The van der Waals surface area contributed by atoms with Crippen molar-refractivity contribution in [3.63, 3.8) is 0 Å². The molecule has 0 saturated heterocycles. The second-order valence-corrected chi connectivity index (χ2v) is 5.56. The molecule has 0 bridgehead atoms. The molecule has 0 heterocycles. The minimum Gasteiger partial charge on any atom is -0.496 e. The molecule has 0 atom stereocenters. The third kappa shape index (κ3) is 3.47. The Bertz CT molecular complexity index is 375. The number of aliphatic hydroxyl groups excluding tert-OH is 1. The lowest BCUT2D eigenvalue weighted by atomic mass is 9.84. The topological polar surface area (TPSA) is 29.5 Å². The van der Waals surface area contributed by atoms with Crippen molar-refractivity contribution in [2.45, 2.75) is 46.0 Å². The zero-order valence-electron chi connectivity index (χ0n) is 11.6. The number of rotatable bonds is 4. The molecule has 2 nitrogen and oxygen atoms in total. The summed E-state index contributed by atoms with van der Waals surface area (Å²) < 4.78 is 5.46. The predicted octanol–water partition coefficient (Wildman–Crippen LogP) is 3.23. The summed E-state index contributed by atoms with van der Waals surface area (Å²) in [6, 6.07) is 4.41. The Morgan fingerprint density at radius 1 is 1.24 bits per heavy atom. The summed E-state index contributed by atoms with van der Waals surface area (Å²) in [5.74, 6) is 0.964. The van der Waals surface area contributed by atoms with E-state index < -0.39 is 0 Å². The molecule has 1 aromatic rings. The molecule has 0 amide bonds. The molecule has 0 aliphatic heterocycles. The Morgan fingerprint density at radius 3 is 2.35 bits per heavy atom. The Kier molecular flexibility index (Phi) is 4.58. The Labute approximate surface area is 105 Å². The van der Waals surface area contributed by atoms with E-state index in [9.17, 15) is 0 Å². The maximum absolute atomic E-state index is 8.95. The maximum Gasteiger partial charge on any atom is 0.124 e. The first kappa shape index (κ1) is 14.0. The SMILES string of the molecule is COc1c(C)cc(C(C)(C)C)cc1CCCO. The predicted molar refractivity (Wildman–Crippen MR) is 71.8 cm³/mol. The van der Waals surface area contributed by atoms with E-state index in [4.69, 9.17) is 9.84 Å². The number of aryl methyl sites for hydroxylation is 2. The molecular formula is C15H24O2. The van der Waals surface area contributed by atoms with Crippen LogP contribution in [0, 0.1) is 6.92 Å². The summed E-state index contributed by atoms with van der Waals surface area (Å²) in [4.78, 5) is 0. The minimum atomic E-state index is 0.144. The zero-order valence-corrected chi connectivity index (χ0v) is 11.6. The van der Waals surface area contributed by atoms with Crippen molar-refractivity contribution in [3.8, 4) is 5.75 Å². The van der Waals surface area contributed by atoms with Gasteiger partial charge in [-0.3, -0.25) is 0 Å². The summed E-state index contributed by atoms with van der Waals surface area (Å²) in [5, 5.41) is 8.95. The fourth-order valence-corrected chi connectivity index (χ4v) is 2.03. The van der Waals surface area contributed by atoms with Crippen molar-refractivity contribution in [2.75, 3.05) is 13.7 Å². The van der Waals surface area contributed by atoms with Crippen LogP contribution < -0.4 is 4.74 Å². The first-order chi connectivity index (χ1) is 7.90. The van der Waals surface area contributed by atoms with Crippen molar-refractivity contribution in [3.05, 3.63) is 28.8 Å². The number of aliphatic hydroxyl groups is 1. The summed E-state index contributed by atoms with van der Waals surface area (Å²) in [7, 11) is 1.71. The molecule has 1 aromatic carbocycles. The second kappa shape index (κ2) is 5.54. The number of hydrogen-bond donors (Lipinski definition) is 1. The number of benzene rings is 1. The van der Waals surface area contributed by atoms with Crippen LogP contribution in [0.2, 0.25) is 0 Å². The lowest BCUT2D eigenvalue weighted by Gasteiger charge is -2.22. The van der Waals surface area contributed by atoms with Gasteiger partial charge in [0.25, 0.3) is 0 Å². The fourth-order valence-electron chi connectivity index (χ4n) is 2.03. The van der Waals surface area contributed by atoms with Crippen LogP contribution in [0.15, 0.2) is 12.1 Å². The number of methoxy groups -OCH3 is 1. The second-order valence-electron chi connectivity index (χ2n) is 5.56. The molecule has 0 aliphatic carbocycles. The molecule has 17 heavy (non-hydrogen) atoms. The highest BCUT2D eigenvalue weighted by Gasteiger charge is 2.17. The van der Waals surface area contributed by atoms with Gasteiger partial charge in [0.2, 0.25) is 0 Å². The highest BCUT2D eigenvalue weighted by Crippen LogP contribution is 2.31. The average Bonchev–Trinajstić information content (AvgIpc) is 2.24. The van der Waals surface area contributed by atoms with Crippen LogP contribution in [0.4, 0.5) is 0 Å². The van der Waals surface area contributed by atoms with Crippen LogP contribution in [-0.4, -0.2) is 18.8 Å². The molecule has 0 spiro atoms. The van der Waals surface area contributed by atoms with Gasteiger partial charge in [-0.1, -0.05) is 32.9 Å². The minimum absolute atomic E-state index is 0.144. The zero-order chi connectivity index (χ0) is 13.1. The van der Waals surface area contributed by atoms with Crippen molar-refractivity contribution < 1.29 is 9.84 Å². The van der Waals surface area contributed by atoms with Gasteiger partial charge >= 0.3 is 0 Å². The number of hydrogen-bond acceptors (Lipinski definition) is 2. The van der Waals surface area contributed by atoms with E-state index >= 15 is 0 Å². The molecule has 1 N–H and O–H groups in total. The summed E-state index contributed by atoms with van der Waals surface area (Å²) >= 11 is 0. The van der Waals surface area contributed by atoms with Gasteiger partial charge in [-0.15, -0.1) is 0 Å². The van der Waals surface area contributed by atoms with Gasteiger partial charge in [-0.25, -0.2) is 0 Å². The lowest BCUT2D eigenvalue weighted by Crippen LogP contribution is -2.12. The smallest absolute Gasteiger partial charge is 0.124 e. The van der Waals surface area contributed by atoms with Crippen molar-refractivity contribution in [1.29, 1.82) is 0 Å². The quantitative estimate of drug-likeness (QED) is 0.869. The molecule has 0 fully saturated rings. The first-order valence-electron chi connectivity index (χ1n) is 6.19. The van der Waals surface area contributed by atoms with Crippen LogP contribution in [-0.2, 0) is 11.8 Å². The largest absolute Gasteiger partial charge is 0.496 e. The highest BCUT2D eigenvalue weighted by molar-refractivity contribution is 5.46. The standard InChI is InChI=1S/C15H24O2/c1-11-9-13(15(2,3)4)10-12(7-6-8-16)14(11)17-5/h9-10,16H,6-8H2,1-5H3. The molecule has 96 valence electrons. The van der Waals surface area contributed by atoms with Crippen LogP contribution in [0.1, 0.15) is 43.9 Å². The van der Waals surface area contributed by atoms with Gasteiger partial charge in [0, 0.05) is 6.61 Å². The summed E-state index contributed by atoms with van der Waals surface area (Å²) in [6.07, 6.45) is 1.65. The maximum atomic E-state index is 8.95. The van der Waals surface area contributed by atoms with Gasteiger partial charge < -0.3 is 9.84 Å². The monoisotopic (exact) mass is 236 g/mol. The molecule has 0 unspecified atom stereocenters. The Hall–Kier alpha value is -1.02. The van der Waals surface area contributed by atoms with Gasteiger partial charge in [-0.2, -0.15) is 0 Å². The molecule has 2 heteroatoms. The van der Waals surface area contributed by atoms with Gasteiger partial charge in [0.05, 0.1) is 7.11 Å². The Balaban J connectivity index is 3.19. The van der Waals surface area contributed by atoms with E-state index in [-0.39, 0.29) is 12.0 Å². The lowest BCUT2D eigenvalue weighted by molar-refractivity contribution is 0.287. The molecule has 0 radical (unpaired) electrons.